The zero-order valence-electron chi connectivity index (χ0n) is 14.9. The van der Waals surface area contributed by atoms with Crippen LogP contribution in [0.25, 0.3) is 0 Å². The van der Waals surface area contributed by atoms with E-state index in [1.807, 2.05) is 0 Å². The maximum Gasteiger partial charge on any atom is 0.273 e. The van der Waals surface area contributed by atoms with Gasteiger partial charge in [-0.2, -0.15) is 9.40 Å². The molecule has 3 rings (SSSR count). The van der Waals surface area contributed by atoms with Gasteiger partial charge in [0.15, 0.2) is 0 Å². The molecule has 27 heavy (non-hydrogen) atoms. The average Bonchev–Trinajstić information content (AvgIpc) is 3.05. The summed E-state index contributed by atoms with van der Waals surface area (Å²) in [5.74, 6) is 0. The highest BCUT2D eigenvalue weighted by molar-refractivity contribution is 7.89. The van der Waals surface area contributed by atoms with Crippen molar-refractivity contribution in [3.8, 4) is 0 Å². The van der Waals surface area contributed by atoms with Gasteiger partial charge < -0.3 is 5.32 Å². The lowest BCUT2D eigenvalue weighted by atomic mass is 10.1. The summed E-state index contributed by atoms with van der Waals surface area (Å²) in [5.41, 5.74) is 1.11. The number of hydrogen-bond donors (Lipinski definition) is 1. The van der Waals surface area contributed by atoms with Crippen LogP contribution in [0.15, 0.2) is 29.4 Å². The number of nitro benzene ring substituents is 1. The summed E-state index contributed by atoms with van der Waals surface area (Å²) in [6.45, 7) is 2.40. The third-order valence-corrected chi connectivity index (χ3v) is 6.78. The number of piperidine rings is 1. The standard InChI is InChI=1S/C16H20ClN5O4S/c1-11-7-15(14(17)8-16(11)22(23)24)19-12-3-5-21(6-4-12)27(25,26)13-9-18-20(2)10-13/h7-10,12,19H,3-6H2,1-2H3. The number of rotatable bonds is 5. The van der Waals surface area contributed by atoms with Crippen LogP contribution in [0, 0.1) is 17.0 Å². The van der Waals surface area contributed by atoms with Crippen molar-refractivity contribution in [3.05, 3.63) is 45.2 Å². The second-order valence-corrected chi connectivity index (χ2v) is 8.89. The summed E-state index contributed by atoms with van der Waals surface area (Å²) in [4.78, 5) is 10.7. The number of anilines is 1. The molecule has 146 valence electrons. The molecule has 1 aliphatic rings. The smallest absolute Gasteiger partial charge is 0.273 e. The van der Waals surface area contributed by atoms with Gasteiger partial charge in [-0.3, -0.25) is 14.8 Å². The molecule has 1 aromatic carbocycles. The molecule has 0 spiro atoms. The van der Waals surface area contributed by atoms with E-state index in [1.165, 1.54) is 27.4 Å². The largest absolute Gasteiger partial charge is 0.381 e. The fourth-order valence-corrected chi connectivity index (χ4v) is 4.79. The zero-order chi connectivity index (χ0) is 19.8. The molecule has 1 saturated heterocycles. The van der Waals surface area contributed by atoms with Crippen LogP contribution in [-0.4, -0.2) is 46.6 Å². The van der Waals surface area contributed by atoms with E-state index in [-0.39, 0.29) is 21.6 Å². The summed E-state index contributed by atoms with van der Waals surface area (Å²) >= 11 is 6.17. The van der Waals surface area contributed by atoms with Crippen LogP contribution < -0.4 is 5.32 Å². The molecule has 0 aliphatic carbocycles. The minimum absolute atomic E-state index is 0.0251. The first-order valence-electron chi connectivity index (χ1n) is 8.38. The average molecular weight is 414 g/mol. The number of nitrogens with one attached hydrogen (secondary N) is 1. The molecule has 0 bridgehead atoms. The molecular formula is C16H20ClN5O4S. The van der Waals surface area contributed by atoms with Crippen molar-refractivity contribution in [1.29, 1.82) is 0 Å². The number of aromatic nitrogens is 2. The lowest BCUT2D eigenvalue weighted by molar-refractivity contribution is -0.385. The Hall–Kier alpha value is -2.17. The highest BCUT2D eigenvalue weighted by Crippen LogP contribution is 2.32. The molecule has 1 aromatic heterocycles. The van der Waals surface area contributed by atoms with Crippen molar-refractivity contribution < 1.29 is 13.3 Å². The van der Waals surface area contributed by atoms with Crippen molar-refractivity contribution in [1.82, 2.24) is 14.1 Å². The summed E-state index contributed by atoms with van der Waals surface area (Å²) in [5, 5.41) is 18.5. The molecule has 2 heterocycles. The van der Waals surface area contributed by atoms with Crippen molar-refractivity contribution in [2.24, 2.45) is 7.05 Å². The van der Waals surface area contributed by atoms with Crippen molar-refractivity contribution in [2.75, 3.05) is 18.4 Å². The van der Waals surface area contributed by atoms with Gasteiger partial charge >= 0.3 is 0 Å². The second-order valence-electron chi connectivity index (χ2n) is 6.55. The Morgan fingerprint density at radius 3 is 2.56 bits per heavy atom. The van der Waals surface area contributed by atoms with E-state index in [0.29, 0.717) is 37.2 Å². The lowest BCUT2D eigenvalue weighted by Gasteiger charge is -2.32. The highest BCUT2D eigenvalue weighted by Gasteiger charge is 2.30. The lowest BCUT2D eigenvalue weighted by Crippen LogP contribution is -2.42. The maximum absolute atomic E-state index is 12.6. The molecule has 11 heteroatoms. The molecular weight excluding hydrogens is 394 g/mol. The van der Waals surface area contributed by atoms with E-state index >= 15 is 0 Å². The quantitative estimate of drug-likeness (QED) is 0.595. The van der Waals surface area contributed by atoms with E-state index in [1.54, 1.807) is 20.0 Å². The molecule has 1 fully saturated rings. The van der Waals surface area contributed by atoms with Gasteiger partial charge in [-0.05, 0) is 25.8 Å². The molecule has 0 unspecified atom stereocenters. The van der Waals surface area contributed by atoms with Crippen LogP contribution >= 0.6 is 11.6 Å². The number of nitro groups is 1. The van der Waals surface area contributed by atoms with Crippen LogP contribution in [0.4, 0.5) is 11.4 Å². The third-order valence-electron chi connectivity index (χ3n) is 4.61. The Kier molecular flexibility index (Phi) is 5.41. The number of benzene rings is 1. The number of aryl methyl sites for hydroxylation is 2. The number of hydrogen-bond acceptors (Lipinski definition) is 6. The Bertz CT molecular complexity index is 967. The van der Waals surface area contributed by atoms with E-state index in [9.17, 15) is 18.5 Å². The molecule has 0 saturated carbocycles. The minimum Gasteiger partial charge on any atom is -0.381 e. The number of halogens is 1. The van der Waals surface area contributed by atoms with Crippen LogP contribution in [0.5, 0.6) is 0 Å². The zero-order valence-corrected chi connectivity index (χ0v) is 16.5. The summed E-state index contributed by atoms with van der Waals surface area (Å²) < 4.78 is 28.2. The van der Waals surface area contributed by atoms with Crippen LogP contribution in [-0.2, 0) is 17.1 Å². The van der Waals surface area contributed by atoms with Gasteiger partial charge in [-0.25, -0.2) is 8.42 Å². The fraction of sp³-hybridized carbons (Fsp3) is 0.438. The molecule has 1 N–H and O–H groups in total. The minimum atomic E-state index is -3.55. The first-order chi connectivity index (χ1) is 12.7. The van der Waals surface area contributed by atoms with E-state index < -0.39 is 14.9 Å². The third kappa shape index (κ3) is 4.07. The number of nitrogens with zero attached hydrogens (tertiary/aromatic N) is 4. The molecule has 9 nitrogen and oxygen atoms in total. The van der Waals surface area contributed by atoms with Gasteiger partial charge in [0.25, 0.3) is 5.69 Å². The molecule has 0 atom stereocenters. The van der Waals surface area contributed by atoms with Crippen molar-refractivity contribution >= 4 is 33.0 Å². The molecule has 1 aliphatic heterocycles. The topological polar surface area (TPSA) is 110 Å². The Balaban J connectivity index is 1.67. The van der Waals surface area contributed by atoms with E-state index in [0.717, 1.165) is 0 Å². The Morgan fingerprint density at radius 1 is 1.33 bits per heavy atom. The fourth-order valence-electron chi connectivity index (χ4n) is 3.12. The summed E-state index contributed by atoms with van der Waals surface area (Å²) in [6, 6.07) is 3.02. The predicted octanol–water partition coefficient (Wildman–Crippen LogP) is 2.56. The van der Waals surface area contributed by atoms with Gasteiger partial charge in [0.2, 0.25) is 10.0 Å². The Labute approximate surface area is 162 Å². The van der Waals surface area contributed by atoms with Crippen molar-refractivity contribution in [2.45, 2.75) is 30.7 Å². The maximum atomic E-state index is 12.6. The molecule has 2 aromatic rings. The van der Waals surface area contributed by atoms with Crippen molar-refractivity contribution in [3.63, 3.8) is 0 Å². The normalized spacial score (nSPS) is 16.4. The SMILES string of the molecule is Cc1cc(NC2CCN(S(=O)(=O)c3cnn(C)c3)CC2)c(Cl)cc1[N+](=O)[O-]. The Morgan fingerprint density at radius 2 is 2.00 bits per heavy atom. The van der Waals surface area contributed by atoms with Crippen LogP contribution in [0.2, 0.25) is 5.02 Å². The van der Waals surface area contributed by atoms with E-state index in [2.05, 4.69) is 10.4 Å². The second kappa shape index (κ2) is 7.45. The van der Waals surface area contributed by atoms with Crippen LogP contribution in [0.1, 0.15) is 18.4 Å². The summed E-state index contributed by atoms with van der Waals surface area (Å²) in [7, 11) is -1.87. The summed E-state index contributed by atoms with van der Waals surface area (Å²) in [6.07, 6.45) is 4.04. The molecule has 0 amide bonds. The van der Waals surface area contributed by atoms with Gasteiger partial charge in [0.1, 0.15) is 4.90 Å². The predicted molar refractivity (Wildman–Crippen MR) is 101 cm³/mol. The van der Waals surface area contributed by atoms with Gasteiger partial charge in [0.05, 0.1) is 21.8 Å². The highest BCUT2D eigenvalue weighted by atomic mass is 35.5. The van der Waals surface area contributed by atoms with Crippen LogP contribution in [0.3, 0.4) is 0 Å². The molecule has 0 radical (unpaired) electrons. The van der Waals surface area contributed by atoms with Gasteiger partial charge in [-0.1, -0.05) is 11.6 Å². The van der Waals surface area contributed by atoms with Gasteiger partial charge in [-0.15, -0.1) is 0 Å². The monoisotopic (exact) mass is 413 g/mol. The van der Waals surface area contributed by atoms with Gasteiger partial charge in [0, 0.05) is 44.0 Å². The first-order valence-corrected chi connectivity index (χ1v) is 10.2. The first kappa shape index (κ1) is 19.6. The van der Waals surface area contributed by atoms with E-state index in [4.69, 9.17) is 11.6 Å². The number of sulfonamides is 1.